The van der Waals surface area contributed by atoms with Crippen LogP contribution in [0, 0.1) is 0 Å². The summed E-state index contributed by atoms with van der Waals surface area (Å²) in [6, 6.07) is 9.10. The number of hydrogen-bond acceptors (Lipinski definition) is 3. The van der Waals surface area contributed by atoms with Crippen molar-refractivity contribution in [1.82, 2.24) is 0 Å². The highest BCUT2D eigenvalue weighted by Gasteiger charge is 2.04. The molecule has 0 aliphatic carbocycles. The first-order valence-electron chi connectivity index (χ1n) is 3.90. The Kier molecular flexibility index (Phi) is 5.72. The minimum Gasteiger partial charge on any atom is -0.507 e. The molecule has 0 amide bonds. The Morgan fingerprint density at radius 3 is 2.47 bits per heavy atom. The SMILES string of the molecule is Br.Cl.Nc1ccc(-c2cccs2)c(O)c1. The standard InChI is InChI=1S/C10H9NOS.BrH.ClH/c11-7-3-4-8(9(12)6-7)10-2-1-5-13-10;;/h1-6,12H,11H2;2*1H. The van der Waals surface area contributed by atoms with Gasteiger partial charge in [-0.3, -0.25) is 0 Å². The number of halogens is 2. The Hall–Kier alpha value is -0.710. The molecular weight excluding hydrogens is 298 g/mol. The number of benzene rings is 1. The van der Waals surface area contributed by atoms with Gasteiger partial charge in [-0.2, -0.15) is 0 Å². The Balaban J connectivity index is 0.000000980. The quantitative estimate of drug-likeness (QED) is 0.789. The maximum Gasteiger partial charge on any atom is 0.126 e. The third-order valence-electron chi connectivity index (χ3n) is 1.81. The van der Waals surface area contributed by atoms with Gasteiger partial charge in [0.15, 0.2) is 0 Å². The monoisotopic (exact) mass is 307 g/mol. The molecule has 0 fully saturated rings. The minimum atomic E-state index is 0. The van der Waals surface area contributed by atoms with Crippen LogP contribution in [0.25, 0.3) is 10.4 Å². The summed E-state index contributed by atoms with van der Waals surface area (Å²) in [4.78, 5) is 1.05. The fourth-order valence-corrected chi connectivity index (χ4v) is 1.95. The first-order chi connectivity index (χ1) is 6.27. The molecule has 0 saturated carbocycles. The highest BCUT2D eigenvalue weighted by Crippen LogP contribution is 2.33. The lowest BCUT2D eigenvalue weighted by Gasteiger charge is -2.02. The second-order valence-corrected chi connectivity index (χ2v) is 3.70. The van der Waals surface area contributed by atoms with Crippen molar-refractivity contribution in [3.63, 3.8) is 0 Å². The van der Waals surface area contributed by atoms with E-state index < -0.39 is 0 Å². The van der Waals surface area contributed by atoms with E-state index in [1.165, 1.54) is 0 Å². The van der Waals surface area contributed by atoms with Crippen LogP contribution in [0.15, 0.2) is 35.7 Å². The molecule has 0 atom stereocenters. The Labute approximate surface area is 109 Å². The van der Waals surface area contributed by atoms with Gasteiger partial charge in [-0.25, -0.2) is 0 Å². The highest BCUT2D eigenvalue weighted by molar-refractivity contribution is 8.93. The van der Waals surface area contributed by atoms with E-state index in [4.69, 9.17) is 5.73 Å². The van der Waals surface area contributed by atoms with Crippen LogP contribution < -0.4 is 5.73 Å². The van der Waals surface area contributed by atoms with Crippen molar-refractivity contribution in [3.8, 4) is 16.2 Å². The van der Waals surface area contributed by atoms with Crippen LogP contribution in [0.5, 0.6) is 5.75 Å². The van der Waals surface area contributed by atoms with Gasteiger partial charge >= 0.3 is 0 Å². The van der Waals surface area contributed by atoms with Gasteiger partial charge in [-0.1, -0.05) is 6.07 Å². The molecule has 2 rings (SSSR count). The van der Waals surface area contributed by atoms with Crippen molar-refractivity contribution in [2.24, 2.45) is 0 Å². The smallest absolute Gasteiger partial charge is 0.126 e. The van der Waals surface area contributed by atoms with E-state index in [1.807, 2.05) is 23.6 Å². The summed E-state index contributed by atoms with van der Waals surface area (Å²) in [5.74, 6) is 0.238. The first kappa shape index (κ1) is 14.3. The lowest BCUT2D eigenvalue weighted by molar-refractivity contribution is 0.478. The molecule has 0 aliphatic heterocycles. The summed E-state index contributed by atoms with van der Waals surface area (Å²) < 4.78 is 0. The predicted octanol–water partition coefficient (Wildman–Crippen LogP) is 3.70. The summed E-state index contributed by atoms with van der Waals surface area (Å²) in [5.41, 5.74) is 6.94. The lowest BCUT2D eigenvalue weighted by Crippen LogP contribution is -1.83. The number of rotatable bonds is 1. The van der Waals surface area contributed by atoms with Crippen LogP contribution >= 0.6 is 40.7 Å². The molecular formula is C10H11BrClNOS. The van der Waals surface area contributed by atoms with Gasteiger partial charge in [-0.15, -0.1) is 40.7 Å². The van der Waals surface area contributed by atoms with Crippen molar-refractivity contribution in [1.29, 1.82) is 0 Å². The molecule has 2 nitrogen and oxygen atoms in total. The van der Waals surface area contributed by atoms with E-state index in [2.05, 4.69) is 0 Å². The number of nitrogen functional groups attached to an aromatic ring is 1. The molecule has 0 spiro atoms. The molecule has 0 radical (unpaired) electrons. The molecule has 0 unspecified atom stereocenters. The van der Waals surface area contributed by atoms with Crippen LogP contribution in [0.4, 0.5) is 5.69 Å². The number of phenolic OH excluding ortho intramolecular Hbond substituents is 1. The molecule has 1 heterocycles. The van der Waals surface area contributed by atoms with Crippen molar-refractivity contribution in [2.45, 2.75) is 0 Å². The average Bonchev–Trinajstić information content (AvgIpc) is 2.56. The van der Waals surface area contributed by atoms with Crippen LogP contribution in [0.3, 0.4) is 0 Å². The molecule has 5 heteroatoms. The first-order valence-corrected chi connectivity index (χ1v) is 4.78. The molecule has 2 aromatic rings. The number of aromatic hydroxyl groups is 1. The van der Waals surface area contributed by atoms with E-state index in [9.17, 15) is 5.11 Å². The van der Waals surface area contributed by atoms with Crippen LogP contribution in [-0.2, 0) is 0 Å². The summed E-state index contributed by atoms with van der Waals surface area (Å²) in [6.45, 7) is 0. The fraction of sp³-hybridized carbons (Fsp3) is 0. The van der Waals surface area contributed by atoms with Crippen LogP contribution in [-0.4, -0.2) is 5.11 Å². The second kappa shape index (κ2) is 6.00. The lowest BCUT2D eigenvalue weighted by atomic mass is 10.1. The third-order valence-corrected chi connectivity index (χ3v) is 2.71. The van der Waals surface area contributed by atoms with Crippen molar-refractivity contribution in [3.05, 3.63) is 35.7 Å². The predicted molar refractivity (Wildman–Crippen MR) is 73.4 cm³/mol. The van der Waals surface area contributed by atoms with Gasteiger partial charge in [0.05, 0.1) is 0 Å². The number of anilines is 1. The number of nitrogens with two attached hydrogens (primary N) is 1. The van der Waals surface area contributed by atoms with E-state index in [1.54, 1.807) is 23.5 Å². The largest absolute Gasteiger partial charge is 0.507 e. The van der Waals surface area contributed by atoms with Gasteiger partial charge in [0.25, 0.3) is 0 Å². The van der Waals surface area contributed by atoms with E-state index >= 15 is 0 Å². The van der Waals surface area contributed by atoms with Gasteiger partial charge in [0, 0.05) is 22.2 Å². The number of phenols is 1. The average molecular weight is 309 g/mol. The van der Waals surface area contributed by atoms with Crippen molar-refractivity contribution < 1.29 is 5.11 Å². The molecule has 1 aromatic heterocycles. The molecule has 0 aliphatic rings. The molecule has 1 aromatic carbocycles. The number of thiophene rings is 1. The van der Waals surface area contributed by atoms with Crippen LogP contribution in [0.2, 0.25) is 0 Å². The van der Waals surface area contributed by atoms with Gasteiger partial charge in [-0.05, 0) is 23.6 Å². The summed E-state index contributed by atoms with van der Waals surface area (Å²) in [5, 5.41) is 11.6. The molecule has 15 heavy (non-hydrogen) atoms. The second-order valence-electron chi connectivity index (χ2n) is 2.75. The zero-order chi connectivity index (χ0) is 9.26. The van der Waals surface area contributed by atoms with E-state index in [-0.39, 0.29) is 35.1 Å². The zero-order valence-corrected chi connectivity index (χ0v) is 11.1. The summed E-state index contributed by atoms with van der Waals surface area (Å²) >= 11 is 1.60. The van der Waals surface area contributed by atoms with Gasteiger partial charge < -0.3 is 10.8 Å². The third kappa shape index (κ3) is 3.12. The number of hydrogen-bond donors (Lipinski definition) is 2. The van der Waals surface area contributed by atoms with Crippen LogP contribution in [0.1, 0.15) is 0 Å². The zero-order valence-electron chi connectivity index (χ0n) is 7.71. The van der Waals surface area contributed by atoms with Crippen molar-refractivity contribution >= 4 is 46.4 Å². The topological polar surface area (TPSA) is 46.2 Å². The van der Waals surface area contributed by atoms with E-state index in [0.29, 0.717) is 5.69 Å². The van der Waals surface area contributed by atoms with Gasteiger partial charge in [0.1, 0.15) is 5.75 Å². The van der Waals surface area contributed by atoms with Crippen molar-refractivity contribution in [2.75, 3.05) is 5.73 Å². The molecule has 82 valence electrons. The Bertz CT molecular complexity index is 419. The Morgan fingerprint density at radius 1 is 1.20 bits per heavy atom. The normalized spacial score (nSPS) is 8.80. The maximum atomic E-state index is 9.59. The van der Waals surface area contributed by atoms with E-state index in [0.717, 1.165) is 10.4 Å². The minimum absolute atomic E-state index is 0. The Morgan fingerprint density at radius 2 is 1.93 bits per heavy atom. The van der Waals surface area contributed by atoms with Gasteiger partial charge in [0.2, 0.25) is 0 Å². The maximum absolute atomic E-state index is 9.59. The molecule has 3 N–H and O–H groups in total. The highest BCUT2D eigenvalue weighted by atomic mass is 79.9. The fourth-order valence-electron chi connectivity index (χ4n) is 1.19. The molecule has 0 bridgehead atoms. The summed E-state index contributed by atoms with van der Waals surface area (Å²) in [6.07, 6.45) is 0. The molecule has 0 saturated heterocycles. The summed E-state index contributed by atoms with van der Waals surface area (Å²) in [7, 11) is 0.